The summed E-state index contributed by atoms with van der Waals surface area (Å²) in [6.07, 6.45) is 13.3. The largest absolute Gasteiger partial charge is 0.390 e. The molecule has 2 nitrogen and oxygen atoms in total. The van der Waals surface area contributed by atoms with E-state index in [4.69, 9.17) is 0 Å². The van der Waals surface area contributed by atoms with E-state index in [-0.39, 0.29) is 5.41 Å². The summed E-state index contributed by atoms with van der Waals surface area (Å²) >= 11 is 0. The van der Waals surface area contributed by atoms with Crippen molar-refractivity contribution in [1.82, 2.24) is 0 Å². The molecule has 0 unspecified atom stereocenters. The number of allylic oxidation sites excluding steroid dienone is 2. The highest BCUT2D eigenvalue weighted by molar-refractivity contribution is 5.65. The van der Waals surface area contributed by atoms with Crippen LogP contribution in [0, 0.1) is 34.0 Å². The van der Waals surface area contributed by atoms with Crippen LogP contribution in [0.2, 0.25) is 0 Å². The first-order valence-electron chi connectivity index (χ1n) is 11.3. The molecule has 3 aliphatic carbocycles. The van der Waals surface area contributed by atoms with Gasteiger partial charge in [0, 0.05) is 0 Å². The zero-order valence-electron chi connectivity index (χ0n) is 18.6. The smallest absolute Gasteiger partial charge is 0.142 e. The van der Waals surface area contributed by atoms with Gasteiger partial charge in [0.25, 0.3) is 0 Å². The third-order valence-corrected chi connectivity index (χ3v) is 9.51. The molecular formula is C25H42O2. The summed E-state index contributed by atoms with van der Waals surface area (Å²) in [5, 5.41) is 11.4. The highest BCUT2D eigenvalue weighted by atomic mass is 16.3. The van der Waals surface area contributed by atoms with Crippen LogP contribution < -0.4 is 0 Å². The third-order valence-electron chi connectivity index (χ3n) is 9.51. The van der Waals surface area contributed by atoms with Crippen molar-refractivity contribution in [2.24, 2.45) is 34.0 Å². The normalized spacial score (nSPS) is 47.1. The zero-order chi connectivity index (χ0) is 20.1. The predicted octanol–water partition coefficient (Wildman–Crippen LogP) is 6.32. The topological polar surface area (TPSA) is 37.3 Å². The van der Waals surface area contributed by atoms with Gasteiger partial charge < -0.3 is 5.11 Å². The van der Waals surface area contributed by atoms with Crippen molar-refractivity contribution in [2.75, 3.05) is 0 Å². The lowest BCUT2D eigenvalue weighted by Crippen LogP contribution is -2.62. The molecule has 0 aromatic carbocycles. The molecule has 0 amide bonds. The van der Waals surface area contributed by atoms with Gasteiger partial charge in [0.15, 0.2) is 0 Å². The number of aldehydes is 1. The molecule has 0 spiro atoms. The van der Waals surface area contributed by atoms with Crippen molar-refractivity contribution in [1.29, 1.82) is 0 Å². The molecule has 2 heteroatoms. The van der Waals surface area contributed by atoms with Crippen molar-refractivity contribution >= 4 is 6.29 Å². The van der Waals surface area contributed by atoms with Gasteiger partial charge in [-0.1, -0.05) is 39.7 Å². The Bertz CT molecular complexity index is 601. The number of hydrogen-bond acceptors (Lipinski definition) is 2. The number of aliphatic hydroxyl groups is 1. The average molecular weight is 375 g/mol. The first-order valence-corrected chi connectivity index (χ1v) is 11.3. The molecule has 27 heavy (non-hydrogen) atoms. The van der Waals surface area contributed by atoms with Crippen LogP contribution in [0.5, 0.6) is 0 Å². The zero-order valence-corrected chi connectivity index (χ0v) is 18.6. The van der Waals surface area contributed by atoms with Crippen LogP contribution in [0.25, 0.3) is 0 Å². The third kappa shape index (κ3) is 3.45. The molecule has 0 aromatic heterocycles. The number of fused-ring (bicyclic) bond motifs is 3. The Hall–Kier alpha value is -0.630. The molecular weight excluding hydrogens is 332 g/mol. The van der Waals surface area contributed by atoms with Gasteiger partial charge in [-0.3, -0.25) is 4.79 Å². The Kier molecular flexibility index (Phi) is 5.47. The average Bonchev–Trinajstić information content (AvgIpc) is 2.52. The van der Waals surface area contributed by atoms with Gasteiger partial charge in [0.2, 0.25) is 0 Å². The maximum Gasteiger partial charge on any atom is 0.142 e. The standard InChI is InChI=1S/C25H42O2/c1-18(12-17-26)8-9-21-24(5)15-10-19-22(2,3)13-7-14-23(19,4)20(24)11-16-25(21,6)27/h12,17,19-21,27H,7-11,13-16H2,1-6H3/b18-12-/t19-,20+,21-,23-,24+,25-/m0/s1. The van der Waals surface area contributed by atoms with Crippen LogP contribution in [0.15, 0.2) is 11.6 Å². The summed E-state index contributed by atoms with van der Waals surface area (Å²) in [4.78, 5) is 10.8. The molecule has 0 radical (unpaired) electrons. The summed E-state index contributed by atoms with van der Waals surface area (Å²) in [5.74, 6) is 1.85. The van der Waals surface area contributed by atoms with Gasteiger partial charge in [0.1, 0.15) is 6.29 Å². The molecule has 3 saturated carbocycles. The van der Waals surface area contributed by atoms with Gasteiger partial charge >= 0.3 is 0 Å². The quantitative estimate of drug-likeness (QED) is 0.461. The molecule has 0 aromatic rings. The minimum absolute atomic E-state index is 0.210. The van der Waals surface area contributed by atoms with Crippen molar-refractivity contribution in [3.63, 3.8) is 0 Å². The van der Waals surface area contributed by atoms with E-state index in [2.05, 4.69) is 34.6 Å². The van der Waals surface area contributed by atoms with E-state index in [0.29, 0.717) is 22.7 Å². The summed E-state index contributed by atoms with van der Waals surface area (Å²) in [6, 6.07) is 0. The van der Waals surface area contributed by atoms with Crippen molar-refractivity contribution in [3.8, 4) is 0 Å². The van der Waals surface area contributed by atoms with Gasteiger partial charge in [0.05, 0.1) is 5.60 Å². The molecule has 1 N–H and O–H groups in total. The molecule has 6 atom stereocenters. The van der Waals surface area contributed by atoms with E-state index in [1.807, 2.05) is 6.92 Å². The van der Waals surface area contributed by atoms with Gasteiger partial charge in [-0.15, -0.1) is 0 Å². The second-order valence-corrected chi connectivity index (χ2v) is 11.6. The van der Waals surface area contributed by atoms with Crippen LogP contribution >= 0.6 is 0 Å². The Morgan fingerprint density at radius 1 is 0.963 bits per heavy atom. The summed E-state index contributed by atoms with van der Waals surface area (Å²) in [5.41, 5.74) is 1.64. The van der Waals surface area contributed by atoms with Crippen LogP contribution in [0.3, 0.4) is 0 Å². The maximum absolute atomic E-state index is 11.4. The Labute approximate surface area is 167 Å². The van der Waals surface area contributed by atoms with Gasteiger partial charge in [-0.25, -0.2) is 0 Å². The van der Waals surface area contributed by atoms with Gasteiger partial charge in [-0.2, -0.15) is 0 Å². The van der Waals surface area contributed by atoms with E-state index < -0.39 is 5.60 Å². The minimum atomic E-state index is -0.583. The Morgan fingerprint density at radius 2 is 1.63 bits per heavy atom. The van der Waals surface area contributed by atoms with E-state index in [9.17, 15) is 9.90 Å². The van der Waals surface area contributed by atoms with Crippen molar-refractivity contribution < 1.29 is 9.90 Å². The number of rotatable bonds is 4. The fourth-order valence-corrected chi connectivity index (χ4v) is 8.30. The first kappa shape index (κ1) is 21.1. The molecule has 3 fully saturated rings. The summed E-state index contributed by atoms with van der Waals surface area (Å²) in [6.45, 7) is 14.2. The van der Waals surface area contributed by atoms with Gasteiger partial charge in [-0.05, 0) is 105 Å². The fraction of sp³-hybridized carbons (Fsp3) is 0.880. The van der Waals surface area contributed by atoms with E-state index >= 15 is 0 Å². The second-order valence-electron chi connectivity index (χ2n) is 11.6. The molecule has 3 aliphatic rings. The molecule has 154 valence electrons. The van der Waals surface area contributed by atoms with Crippen LogP contribution in [-0.2, 0) is 4.79 Å². The lowest BCUT2D eigenvalue weighted by atomic mass is 9.38. The van der Waals surface area contributed by atoms with E-state index in [0.717, 1.165) is 37.0 Å². The molecule has 3 rings (SSSR count). The van der Waals surface area contributed by atoms with E-state index in [1.54, 1.807) is 6.08 Å². The Balaban J connectivity index is 1.92. The molecule has 0 aliphatic heterocycles. The van der Waals surface area contributed by atoms with Crippen LogP contribution in [-0.4, -0.2) is 17.0 Å². The second kappa shape index (κ2) is 7.01. The molecule has 0 heterocycles. The molecule has 0 bridgehead atoms. The Morgan fingerprint density at radius 3 is 2.30 bits per heavy atom. The van der Waals surface area contributed by atoms with Crippen LogP contribution in [0.4, 0.5) is 0 Å². The monoisotopic (exact) mass is 374 g/mol. The van der Waals surface area contributed by atoms with Crippen molar-refractivity contribution in [2.45, 2.75) is 105 Å². The number of carbonyl (C=O) groups excluding carboxylic acids is 1. The fourth-order valence-electron chi connectivity index (χ4n) is 8.30. The molecule has 0 saturated heterocycles. The minimum Gasteiger partial charge on any atom is -0.390 e. The lowest BCUT2D eigenvalue weighted by molar-refractivity contribution is -0.211. The summed E-state index contributed by atoms with van der Waals surface area (Å²) in [7, 11) is 0. The summed E-state index contributed by atoms with van der Waals surface area (Å²) < 4.78 is 0. The van der Waals surface area contributed by atoms with Crippen LogP contribution in [0.1, 0.15) is 99.3 Å². The maximum atomic E-state index is 11.4. The number of carbonyl (C=O) groups is 1. The van der Waals surface area contributed by atoms with Crippen molar-refractivity contribution in [3.05, 3.63) is 11.6 Å². The predicted molar refractivity (Wildman–Crippen MR) is 112 cm³/mol. The SMILES string of the molecule is C/C(=C/C=O)CC[C@H]1[C@]2(C)CC[C@H]3C(C)(C)CCC[C@]3(C)[C@H]2CC[C@]1(C)O. The first-order chi connectivity index (χ1) is 12.5. The van der Waals surface area contributed by atoms with E-state index in [1.165, 1.54) is 38.5 Å². The highest BCUT2D eigenvalue weighted by Crippen LogP contribution is 2.70. The lowest BCUT2D eigenvalue weighted by Gasteiger charge is -2.67. The highest BCUT2D eigenvalue weighted by Gasteiger charge is 2.63. The number of hydrogen-bond donors (Lipinski definition) is 1.